The number of hydrogen-bond donors (Lipinski definition) is 0. The number of aromatic nitrogens is 1. The molecule has 90 valence electrons. The molecular formula is C11H12ClN3O2. The zero-order chi connectivity index (χ0) is 12.3. The van der Waals surface area contributed by atoms with Crippen molar-refractivity contribution in [3.8, 4) is 0 Å². The molecule has 0 radical (unpaired) electrons. The van der Waals surface area contributed by atoms with Crippen LogP contribution in [0.3, 0.4) is 0 Å². The molecule has 5 nitrogen and oxygen atoms in total. The molecule has 0 amide bonds. The fraction of sp³-hybridized carbons (Fsp3) is 0.364. The Morgan fingerprint density at radius 2 is 2.41 bits per heavy atom. The molecule has 0 N–H and O–H groups in total. The smallest absolute Gasteiger partial charge is 0.253 e. The summed E-state index contributed by atoms with van der Waals surface area (Å²) in [4.78, 5) is 16.1. The van der Waals surface area contributed by atoms with Crippen LogP contribution in [0, 0.1) is 10.1 Å². The average Bonchev–Trinajstić information content (AvgIpc) is 2.68. The third-order valence-electron chi connectivity index (χ3n) is 2.68. The van der Waals surface area contributed by atoms with Gasteiger partial charge in [0.05, 0.1) is 10.6 Å². The first-order valence-corrected chi connectivity index (χ1v) is 5.72. The zero-order valence-electron chi connectivity index (χ0n) is 9.17. The van der Waals surface area contributed by atoms with Crippen LogP contribution in [0.4, 0.5) is 0 Å². The van der Waals surface area contributed by atoms with Crippen LogP contribution in [0.15, 0.2) is 30.2 Å². The van der Waals surface area contributed by atoms with E-state index in [0.29, 0.717) is 11.7 Å². The Morgan fingerprint density at radius 1 is 1.59 bits per heavy atom. The first kappa shape index (κ1) is 11.9. The van der Waals surface area contributed by atoms with Gasteiger partial charge in [0.2, 0.25) is 0 Å². The molecule has 2 heterocycles. The molecule has 1 aliphatic rings. The van der Waals surface area contributed by atoms with E-state index in [1.807, 2.05) is 11.0 Å². The van der Waals surface area contributed by atoms with E-state index >= 15 is 0 Å². The lowest BCUT2D eigenvalue weighted by Gasteiger charge is -2.18. The highest BCUT2D eigenvalue weighted by atomic mass is 35.5. The Balaban J connectivity index is 2.07. The highest BCUT2D eigenvalue weighted by Gasteiger charge is 2.19. The van der Waals surface area contributed by atoms with Crippen LogP contribution < -0.4 is 0 Å². The minimum absolute atomic E-state index is 0.395. The van der Waals surface area contributed by atoms with Crippen LogP contribution in [0.1, 0.15) is 18.4 Å². The highest BCUT2D eigenvalue weighted by Crippen LogP contribution is 2.23. The fourth-order valence-corrected chi connectivity index (χ4v) is 2.03. The Bertz CT molecular complexity index is 445. The van der Waals surface area contributed by atoms with E-state index in [2.05, 4.69) is 4.98 Å². The van der Waals surface area contributed by atoms with Gasteiger partial charge in [-0.15, -0.1) is 0 Å². The molecule has 0 spiro atoms. The van der Waals surface area contributed by atoms with Crippen molar-refractivity contribution >= 4 is 11.6 Å². The lowest BCUT2D eigenvalue weighted by molar-refractivity contribution is -0.404. The van der Waals surface area contributed by atoms with E-state index in [9.17, 15) is 10.1 Å². The summed E-state index contributed by atoms with van der Waals surface area (Å²) in [6.45, 7) is 1.49. The van der Waals surface area contributed by atoms with E-state index in [4.69, 9.17) is 11.6 Å². The van der Waals surface area contributed by atoms with Gasteiger partial charge in [-0.1, -0.05) is 17.7 Å². The van der Waals surface area contributed by atoms with Crippen molar-refractivity contribution in [3.05, 3.63) is 51.1 Å². The van der Waals surface area contributed by atoms with E-state index in [0.717, 1.165) is 36.8 Å². The number of nitrogens with zero attached hydrogens (tertiary/aromatic N) is 3. The summed E-state index contributed by atoms with van der Waals surface area (Å²) in [6, 6.07) is 3.61. The lowest BCUT2D eigenvalue weighted by Crippen LogP contribution is -2.18. The van der Waals surface area contributed by atoms with Crippen molar-refractivity contribution in [2.45, 2.75) is 19.4 Å². The summed E-state index contributed by atoms with van der Waals surface area (Å²) in [5.74, 6) is 0. The molecule has 1 fully saturated rings. The van der Waals surface area contributed by atoms with Gasteiger partial charge in [0.15, 0.2) is 0 Å². The molecule has 1 saturated heterocycles. The molecule has 1 aromatic rings. The van der Waals surface area contributed by atoms with Crippen molar-refractivity contribution < 1.29 is 4.92 Å². The van der Waals surface area contributed by atoms with E-state index < -0.39 is 4.92 Å². The molecule has 1 aromatic heterocycles. The van der Waals surface area contributed by atoms with Crippen LogP contribution in [0.2, 0.25) is 5.15 Å². The first-order valence-electron chi connectivity index (χ1n) is 5.35. The molecule has 0 aromatic carbocycles. The molecule has 6 heteroatoms. The van der Waals surface area contributed by atoms with Gasteiger partial charge >= 0.3 is 0 Å². The van der Waals surface area contributed by atoms with Crippen LogP contribution in [0.25, 0.3) is 0 Å². The monoisotopic (exact) mass is 253 g/mol. The maximum Gasteiger partial charge on any atom is 0.253 e. The molecule has 2 rings (SSSR count). The minimum atomic E-state index is -0.395. The predicted octanol–water partition coefficient (Wildman–Crippen LogP) is 2.45. The quantitative estimate of drug-likeness (QED) is 0.472. The van der Waals surface area contributed by atoms with Crippen LogP contribution in [-0.2, 0) is 6.54 Å². The van der Waals surface area contributed by atoms with Crippen molar-refractivity contribution in [2.75, 3.05) is 6.54 Å². The molecular weight excluding hydrogens is 242 g/mol. The van der Waals surface area contributed by atoms with Crippen molar-refractivity contribution in [1.29, 1.82) is 0 Å². The van der Waals surface area contributed by atoms with Gasteiger partial charge in [-0.2, -0.15) is 0 Å². The average molecular weight is 254 g/mol. The molecule has 0 unspecified atom stereocenters. The molecule has 0 aliphatic carbocycles. The molecule has 17 heavy (non-hydrogen) atoms. The standard InChI is InChI=1S/C11H12ClN3O2/c12-11-4-3-9(6-13-11)7-14-5-1-2-10(14)8-15(16)17/h3-4,6,8H,1-2,5,7H2. The maximum absolute atomic E-state index is 10.5. The van der Waals surface area contributed by atoms with Gasteiger partial charge < -0.3 is 4.90 Å². The van der Waals surface area contributed by atoms with Gasteiger partial charge in [-0.25, -0.2) is 4.98 Å². The summed E-state index contributed by atoms with van der Waals surface area (Å²) < 4.78 is 0. The van der Waals surface area contributed by atoms with Crippen molar-refractivity contribution in [2.24, 2.45) is 0 Å². The van der Waals surface area contributed by atoms with Gasteiger partial charge in [-0.05, 0) is 24.5 Å². The van der Waals surface area contributed by atoms with Gasteiger partial charge in [0.25, 0.3) is 6.20 Å². The number of rotatable bonds is 3. The Labute approximate surface area is 104 Å². The lowest BCUT2D eigenvalue weighted by atomic mass is 10.2. The Hall–Kier alpha value is -1.62. The Morgan fingerprint density at radius 3 is 3.06 bits per heavy atom. The summed E-state index contributed by atoms with van der Waals surface area (Å²) in [5.41, 5.74) is 1.79. The molecule has 0 bridgehead atoms. The second-order valence-corrected chi connectivity index (χ2v) is 4.31. The zero-order valence-corrected chi connectivity index (χ0v) is 9.93. The Kier molecular flexibility index (Phi) is 3.58. The number of hydrogen-bond acceptors (Lipinski definition) is 4. The number of allylic oxidation sites excluding steroid dienone is 1. The SMILES string of the molecule is O=[N+]([O-])C=C1CCCN1Cc1ccc(Cl)nc1. The van der Waals surface area contributed by atoms with Gasteiger partial charge in [0, 0.05) is 19.3 Å². The van der Waals surface area contributed by atoms with Crippen LogP contribution in [0.5, 0.6) is 0 Å². The normalized spacial score (nSPS) is 17.7. The molecule has 0 atom stereocenters. The van der Waals surface area contributed by atoms with Gasteiger partial charge in [0.1, 0.15) is 5.15 Å². The molecule has 1 aliphatic heterocycles. The topological polar surface area (TPSA) is 59.3 Å². The van der Waals surface area contributed by atoms with Crippen LogP contribution in [-0.4, -0.2) is 21.4 Å². The first-order chi connectivity index (χ1) is 8.15. The second-order valence-electron chi connectivity index (χ2n) is 3.92. The third kappa shape index (κ3) is 3.17. The number of likely N-dealkylation sites (tertiary alicyclic amines) is 1. The van der Waals surface area contributed by atoms with Gasteiger partial charge in [-0.3, -0.25) is 10.1 Å². The highest BCUT2D eigenvalue weighted by molar-refractivity contribution is 6.29. The summed E-state index contributed by atoms with van der Waals surface area (Å²) in [7, 11) is 0. The minimum Gasteiger partial charge on any atom is -0.365 e. The van der Waals surface area contributed by atoms with Crippen LogP contribution >= 0.6 is 11.6 Å². The van der Waals surface area contributed by atoms with Crippen molar-refractivity contribution in [1.82, 2.24) is 9.88 Å². The third-order valence-corrected chi connectivity index (χ3v) is 2.91. The predicted molar refractivity (Wildman–Crippen MR) is 64.0 cm³/mol. The number of nitro groups is 1. The summed E-state index contributed by atoms with van der Waals surface area (Å²) in [5, 5.41) is 10.9. The van der Waals surface area contributed by atoms with E-state index in [1.54, 1.807) is 12.3 Å². The second kappa shape index (κ2) is 5.14. The summed E-state index contributed by atoms with van der Waals surface area (Å²) in [6.07, 6.45) is 4.52. The molecule has 0 saturated carbocycles. The fourth-order valence-electron chi connectivity index (χ4n) is 1.92. The number of halogens is 1. The van der Waals surface area contributed by atoms with E-state index in [-0.39, 0.29) is 0 Å². The van der Waals surface area contributed by atoms with E-state index in [1.165, 1.54) is 0 Å². The maximum atomic E-state index is 10.5. The van der Waals surface area contributed by atoms with Crippen molar-refractivity contribution in [3.63, 3.8) is 0 Å². The number of pyridine rings is 1. The summed E-state index contributed by atoms with van der Waals surface area (Å²) >= 11 is 5.70. The largest absolute Gasteiger partial charge is 0.365 e.